The van der Waals surface area contributed by atoms with E-state index in [1.165, 1.54) is 4.52 Å². The minimum Gasteiger partial charge on any atom is -0.360 e. The molecule has 2 fully saturated rings. The number of hydrogen-bond acceptors (Lipinski definition) is 5. The number of ketones is 1. The van der Waals surface area contributed by atoms with Crippen LogP contribution in [0.3, 0.4) is 0 Å². The van der Waals surface area contributed by atoms with Crippen LogP contribution in [-0.2, 0) is 4.79 Å². The van der Waals surface area contributed by atoms with Crippen LogP contribution < -0.4 is 15.5 Å². The van der Waals surface area contributed by atoms with Gasteiger partial charge in [-0.25, -0.2) is 18.3 Å². The Morgan fingerprint density at radius 1 is 1.26 bits per heavy atom. The maximum absolute atomic E-state index is 14.4. The number of aromatic nitrogens is 3. The number of hydrogen-bond donors (Lipinski definition) is 2. The third kappa shape index (κ3) is 3.92. The molecule has 0 radical (unpaired) electrons. The zero-order chi connectivity index (χ0) is 21.7. The second kappa shape index (κ2) is 7.69. The quantitative estimate of drug-likeness (QED) is 0.573. The van der Waals surface area contributed by atoms with Crippen LogP contribution in [0.1, 0.15) is 30.9 Å². The van der Waals surface area contributed by atoms with Gasteiger partial charge in [0, 0.05) is 24.2 Å². The molecule has 1 aromatic carbocycles. The molecular weight excluding hydrogens is 446 g/mol. The Labute approximate surface area is 186 Å². The molecule has 31 heavy (non-hydrogen) atoms. The van der Waals surface area contributed by atoms with E-state index in [0.717, 1.165) is 31.0 Å². The summed E-state index contributed by atoms with van der Waals surface area (Å²) in [6.07, 6.45) is 3.84. The summed E-state index contributed by atoms with van der Waals surface area (Å²) in [5.74, 6) is -0.800. The van der Waals surface area contributed by atoms with Crippen molar-refractivity contribution < 1.29 is 13.6 Å². The van der Waals surface area contributed by atoms with Gasteiger partial charge in [0.25, 0.3) is 0 Å². The number of Topliss-reactive ketones (excluding diaryl/α,β-unsaturated/α-hetero) is 1. The number of nitrogens with one attached hydrogen (secondary N) is 2. The van der Waals surface area contributed by atoms with Crippen molar-refractivity contribution in [2.24, 2.45) is 0 Å². The molecule has 0 bridgehead atoms. The van der Waals surface area contributed by atoms with E-state index in [2.05, 4.69) is 20.7 Å². The monoisotopic (exact) mass is 462 g/mol. The number of thiocarbonyl (C=S) groups is 1. The second-order valence-electron chi connectivity index (χ2n) is 7.64. The van der Waals surface area contributed by atoms with Crippen LogP contribution in [-0.4, -0.2) is 38.1 Å². The van der Waals surface area contributed by atoms with E-state index < -0.39 is 17.7 Å². The van der Waals surface area contributed by atoms with Gasteiger partial charge in [-0.15, -0.1) is 0 Å². The number of carbonyl (C=O) groups is 1. The maximum Gasteiger partial charge on any atom is 0.182 e. The zero-order valence-corrected chi connectivity index (χ0v) is 17.7. The van der Waals surface area contributed by atoms with Crippen molar-refractivity contribution in [3.05, 3.63) is 52.8 Å². The van der Waals surface area contributed by atoms with E-state index in [0.29, 0.717) is 28.3 Å². The fraction of sp³-hybridized carbons (Fsp3) is 0.300. The van der Waals surface area contributed by atoms with Gasteiger partial charge < -0.3 is 15.5 Å². The molecule has 3 heterocycles. The van der Waals surface area contributed by atoms with E-state index in [1.54, 1.807) is 17.2 Å². The van der Waals surface area contributed by atoms with Crippen molar-refractivity contribution in [2.75, 3.05) is 16.8 Å². The lowest BCUT2D eigenvalue weighted by Gasteiger charge is -2.25. The first-order valence-corrected chi connectivity index (χ1v) is 10.5. The number of halogens is 3. The first-order chi connectivity index (χ1) is 14.9. The largest absolute Gasteiger partial charge is 0.360 e. The minimum absolute atomic E-state index is 0.0378. The standard InChI is InChI=1S/C20H17ClF2N6OS/c21-18-17(26-20(31)24-11-2-3-11)19-25-16(5-6-29(19)27-18)28-9-12(30)8-15(28)13-7-10(22)1-4-14(13)23/h1,4-7,11,15H,2-3,8-9H2,(H2,24,26,31)/t15-/m1/s1. The molecular formula is C20H17ClF2N6OS. The summed E-state index contributed by atoms with van der Waals surface area (Å²) >= 11 is 11.6. The predicted octanol–water partition coefficient (Wildman–Crippen LogP) is 3.63. The molecule has 3 aromatic rings. The molecule has 2 N–H and O–H groups in total. The van der Waals surface area contributed by atoms with Gasteiger partial charge in [-0.1, -0.05) is 11.6 Å². The number of nitrogens with zero attached hydrogens (tertiary/aromatic N) is 4. The van der Waals surface area contributed by atoms with Crippen molar-refractivity contribution in [1.29, 1.82) is 0 Å². The van der Waals surface area contributed by atoms with Gasteiger partial charge in [0.1, 0.15) is 23.1 Å². The smallest absolute Gasteiger partial charge is 0.182 e. The lowest BCUT2D eigenvalue weighted by Crippen LogP contribution is -2.30. The molecule has 2 aliphatic rings. The molecule has 0 amide bonds. The maximum atomic E-state index is 14.4. The summed E-state index contributed by atoms with van der Waals surface area (Å²) < 4.78 is 29.7. The Bertz CT molecular complexity index is 1210. The van der Waals surface area contributed by atoms with Crippen molar-refractivity contribution in [1.82, 2.24) is 19.9 Å². The highest BCUT2D eigenvalue weighted by Crippen LogP contribution is 2.36. The van der Waals surface area contributed by atoms with Gasteiger partial charge >= 0.3 is 0 Å². The van der Waals surface area contributed by atoms with Gasteiger partial charge in [-0.3, -0.25) is 4.79 Å². The lowest BCUT2D eigenvalue weighted by atomic mass is 10.0. The average Bonchev–Trinajstić information content (AvgIpc) is 3.38. The number of rotatable bonds is 4. The average molecular weight is 463 g/mol. The summed E-state index contributed by atoms with van der Waals surface area (Å²) in [5, 5.41) is 11.0. The van der Waals surface area contributed by atoms with Crippen LogP contribution in [0, 0.1) is 11.6 Å². The van der Waals surface area contributed by atoms with Crippen LogP contribution in [0.2, 0.25) is 5.15 Å². The Morgan fingerprint density at radius 3 is 2.84 bits per heavy atom. The number of fused-ring (bicyclic) bond motifs is 1. The van der Waals surface area contributed by atoms with E-state index >= 15 is 0 Å². The first-order valence-electron chi connectivity index (χ1n) is 9.75. The zero-order valence-electron chi connectivity index (χ0n) is 16.1. The van der Waals surface area contributed by atoms with E-state index in [1.807, 2.05) is 0 Å². The Kier molecular flexibility index (Phi) is 4.98. The van der Waals surface area contributed by atoms with Gasteiger partial charge in [0.05, 0.1) is 12.6 Å². The molecule has 0 unspecified atom stereocenters. The molecule has 1 aliphatic carbocycles. The van der Waals surface area contributed by atoms with Crippen molar-refractivity contribution >= 4 is 51.9 Å². The molecule has 1 aliphatic heterocycles. The molecule has 5 rings (SSSR count). The van der Waals surface area contributed by atoms with Crippen molar-refractivity contribution in [2.45, 2.75) is 31.3 Å². The van der Waals surface area contributed by atoms with Crippen LogP contribution in [0.25, 0.3) is 5.65 Å². The summed E-state index contributed by atoms with van der Waals surface area (Å²) in [6.45, 7) is 0.0378. The van der Waals surface area contributed by atoms with Gasteiger partial charge in [-0.05, 0) is 49.3 Å². The summed E-state index contributed by atoms with van der Waals surface area (Å²) in [7, 11) is 0. The second-order valence-corrected chi connectivity index (χ2v) is 8.41. The van der Waals surface area contributed by atoms with E-state index in [9.17, 15) is 13.6 Å². The molecule has 1 atom stereocenters. The third-order valence-electron chi connectivity index (χ3n) is 5.33. The number of carbonyl (C=O) groups excluding carboxylic acids is 1. The molecule has 11 heteroatoms. The van der Waals surface area contributed by atoms with Crippen molar-refractivity contribution in [3.63, 3.8) is 0 Å². The normalized spacial score (nSPS) is 18.6. The summed E-state index contributed by atoms with van der Waals surface area (Å²) in [4.78, 5) is 18.5. The summed E-state index contributed by atoms with van der Waals surface area (Å²) in [5.41, 5.74) is 0.952. The predicted molar refractivity (Wildman–Crippen MR) is 116 cm³/mol. The van der Waals surface area contributed by atoms with Crippen LogP contribution in [0.15, 0.2) is 30.5 Å². The van der Waals surface area contributed by atoms with Crippen LogP contribution >= 0.6 is 23.8 Å². The Balaban J connectivity index is 1.51. The topological polar surface area (TPSA) is 74.6 Å². The summed E-state index contributed by atoms with van der Waals surface area (Å²) in [6, 6.07) is 4.59. The Hall–Kier alpha value is -2.85. The first kappa shape index (κ1) is 20.1. The van der Waals surface area contributed by atoms with Crippen LogP contribution in [0.4, 0.5) is 20.3 Å². The molecule has 1 saturated heterocycles. The van der Waals surface area contributed by atoms with E-state index in [-0.39, 0.29) is 29.5 Å². The van der Waals surface area contributed by atoms with Crippen LogP contribution in [0.5, 0.6) is 0 Å². The molecule has 160 valence electrons. The highest BCUT2D eigenvalue weighted by atomic mass is 35.5. The molecule has 2 aromatic heterocycles. The van der Waals surface area contributed by atoms with Gasteiger partial charge in [-0.2, -0.15) is 5.10 Å². The third-order valence-corrected chi connectivity index (χ3v) is 5.82. The number of benzene rings is 1. The van der Waals surface area contributed by atoms with E-state index in [4.69, 9.17) is 23.8 Å². The molecule has 0 spiro atoms. The minimum atomic E-state index is -0.662. The fourth-order valence-corrected chi connectivity index (χ4v) is 4.18. The lowest BCUT2D eigenvalue weighted by molar-refractivity contribution is -0.116. The Morgan fingerprint density at radius 2 is 2.06 bits per heavy atom. The number of anilines is 2. The highest BCUT2D eigenvalue weighted by molar-refractivity contribution is 7.80. The van der Waals surface area contributed by atoms with Gasteiger partial charge in [0.15, 0.2) is 21.7 Å². The van der Waals surface area contributed by atoms with Crippen molar-refractivity contribution in [3.8, 4) is 0 Å². The SMILES string of the molecule is O=C1C[C@H](c2cc(F)ccc2F)N(c2ccn3nc(Cl)c(NC(=S)NC4CC4)c3n2)C1. The molecule has 1 saturated carbocycles. The fourth-order valence-electron chi connectivity index (χ4n) is 3.70. The highest BCUT2D eigenvalue weighted by Gasteiger charge is 2.35. The van der Waals surface area contributed by atoms with Gasteiger partial charge in [0.2, 0.25) is 0 Å². The molecule has 7 nitrogen and oxygen atoms in total.